The van der Waals surface area contributed by atoms with Crippen LogP contribution in [0.3, 0.4) is 0 Å². The van der Waals surface area contributed by atoms with Gasteiger partial charge in [-0.05, 0) is 5.56 Å². The zero-order chi connectivity index (χ0) is 10.5. The first-order valence-electron chi connectivity index (χ1n) is 4.74. The number of allylic oxidation sites excluding steroid dienone is 1. The molecule has 0 unspecified atom stereocenters. The molecule has 0 aliphatic rings. The summed E-state index contributed by atoms with van der Waals surface area (Å²) < 4.78 is 14.3. The molecule has 0 saturated carbocycles. The summed E-state index contributed by atoms with van der Waals surface area (Å²) in [4.78, 5) is 3.50. The number of benzene rings is 1. The van der Waals surface area contributed by atoms with Crippen LogP contribution in [0.2, 0.25) is 0 Å². The van der Waals surface area contributed by atoms with Crippen LogP contribution in [-0.2, 0) is 6.54 Å². The number of nitrogens with zero attached hydrogens (tertiary/aromatic N) is 2. The Labute approximate surface area is 87.7 Å². The number of halogens is 1. The number of imidazole rings is 1. The molecule has 0 saturated heterocycles. The first kappa shape index (κ1) is 9.65. The maximum atomic E-state index is 12.9. The average Bonchev–Trinajstić information content (AvgIpc) is 2.66. The Balaban J connectivity index is 2.00. The molecule has 0 aliphatic carbocycles. The van der Waals surface area contributed by atoms with Gasteiger partial charge in [-0.1, -0.05) is 42.5 Å². The first-order valence-corrected chi connectivity index (χ1v) is 4.74. The van der Waals surface area contributed by atoms with Gasteiger partial charge in [-0.15, -0.1) is 0 Å². The Morgan fingerprint density at radius 1 is 1.27 bits per heavy atom. The third-order valence-electron chi connectivity index (χ3n) is 2.08. The van der Waals surface area contributed by atoms with Crippen molar-refractivity contribution >= 4 is 6.08 Å². The van der Waals surface area contributed by atoms with Crippen LogP contribution in [-0.4, -0.2) is 9.55 Å². The van der Waals surface area contributed by atoms with Crippen molar-refractivity contribution in [1.29, 1.82) is 0 Å². The van der Waals surface area contributed by atoms with Gasteiger partial charge in [-0.2, -0.15) is 4.39 Å². The van der Waals surface area contributed by atoms with Crippen LogP contribution in [0.25, 0.3) is 6.08 Å². The molecule has 15 heavy (non-hydrogen) atoms. The molecular formula is C12H11FN2. The van der Waals surface area contributed by atoms with Gasteiger partial charge in [-0.3, -0.25) is 0 Å². The second kappa shape index (κ2) is 4.55. The molecule has 1 aromatic heterocycles. The van der Waals surface area contributed by atoms with Crippen molar-refractivity contribution in [3.63, 3.8) is 0 Å². The van der Waals surface area contributed by atoms with E-state index >= 15 is 0 Å². The van der Waals surface area contributed by atoms with Crippen molar-refractivity contribution in [2.75, 3.05) is 0 Å². The van der Waals surface area contributed by atoms with Gasteiger partial charge in [0.05, 0.1) is 0 Å². The maximum Gasteiger partial charge on any atom is 0.289 e. The van der Waals surface area contributed by atoms with Crippen molar-refractivity contribution in [1.82, 2.24) is 9.55 Å². The van der Waals surface area contributed by atoms with Crippen LogP contribution in [0.4, 0.5) is 4.39 Å². The molecule has 0 N–H and O–H groups in total. The normalized spacial score (nSPS) is 11.0. The SMILES string of the molecule is Fc1nccn1CC=Cc1ccccc1. The van der Waals surface area contributed by atoms with E-state index in [2.05, 4.69) is 4.98 Å². The smallest absolute Gasteiger partial charge is 0.289 e. The molecule has 0 radical (unpaired) electrons. The van der Waals surface area contributed by atoms with E-state index in [1.54, 1.807) is 6.20 Å². The van der Waals surface area contributed by atoms with Crippen LogP contribution in [0.1, 0.15) is 5.56 Å². The Kier molecular flexibility index (Phi) is 2.93. The molecular weight excluding hydrogens is 191 g/mol. The molecule has 2 nitrogen and oxygen atoms in total. The van der Waals surface area contributed by atoms with Gasteiger partial charge < -0.3 is 4.57 Å². The topological polar surface area (TPSA) is 17.8 Å². The summed E-state index contributed by atoms with van der Waals surface area (Å²) in [5.74, 6) is 0. The molecule has 0 atom stereocenters. The minimum absolute atomic E-state index is 0.451. The molecule has 2 rings (SSSR count). The van der Waals surface area contributed by atoms with Gasteiger partial charge in [0.15, 0.2) is 0 Å². The molecule has 1 heterocycles. The molecule has 2 aromatic rings. The summed E-state index contributed by atoms with van der Waals surface area (Å²) in [7, 11) is 0. The van der Waals surface area contributed by atoms with Crippen LogP contribution in [0.15, 0.2) is 48.8 Å². The van der Waals surface area contributed by atoms with E-state index in [1.807, 2.05) is 42.5 Å². The third-order valence-corrected chi connectivity index (χ3v) is 2.08. The second-order valence-corrected chi connectivity index (χ2v) is 3.16. The molecule has 1 aromatic carbocycles. The van der Waals surface area contributed by atoms with Crippen molar-refractivity contribution < 1.29 is 4.39 Å². The van der Waals surface area contributed by atoms with Gasteiger partial charge >= 0.3 is 0 Å². The molecule has 76 valence electrons. The summed E-state index contributed by atoms with van der Waals surface area (Å²) in [6, 6.07) is 9.91. The zero-order valence-corrected chi connectivity index (χ0v) is 8.18. The van der Waals surface area contributed by atoms with E-state index in [0.29, 0.717) is 6.54 Å². The molecule has 0 bridgehead atoms. The van der Waals surface area contributed by atoms with E-state index < -0.39 is 6.08 Å². The Morgan fingerprint density at radius 2 is 2.07 bits per heavy atom. The fraction of sp³-hybridized carbons (Fsp3) is 0.0833. The molecule has 0 spiro atoms. The fourth-order valence-electron chi connectivity index (χ4n) is 1.31. The molecule has 0 fully saturated rings. The number of hydrogen-bond donors (Lipinski definition) is 0. The lowest BCUT2D eigenvalue weighted by Crippen LogP contribution is -1.96. The lowest BCUT2D eigenvalue weighted by molar-refractivity contribution is 0.487. The van der Waals surface area contributed by atoms with Gasteiger partial charge in [-0.25, -0.2) is 4.98 Å². The minimum atomic E-state index is -0.451. The van der Waals surface area contributed by atoms with Crippen LogP contribution < -0.4 is 0 Å². The van der Waals surface area contributed by atoms with Gasteiger partial charge in [0.2, 0.25) is 0 Å². The van der Waals surface area contributed by atoms with E-state index in [1.165, 1.54) is 10.8 Å². The van der Waals surface area contributed by atoms with Crippen molar-refractivity contribution in [2.24, 2.45) is 0 Å². The van der Waals surface area contributed by atoms with E-state index in [0.717, 1.165) is 5.56 Å². The fourth-order valence-corrected chi connectivity index (χ4v) is 1.31. The van der Waals surface area contributed by atoms with Crippen LogP contribution >= 0.6 is 0 Å². The highest BCUT2D eigenvalue weighted by molar-refractivity contribution is 5.48. The Morgan fingerprint density at radius 3 is 2.73 bits per heavy atom. The minimum Gasteiger partial charge on any atom is -0.304 e. The quantitative estimate of drug-likeness (QED) is 0.748. The highest BCUT2D eigenvalue weighted by atomic mass is 19.1. The number of hydrogen-bond acceptors (Lipinski definition) is 1. The summed E-state index contributed by atoms with van der Waals surface area (Å²) >= 11 is 0. The monoisotopic (exact) mass is 202 g/mol. The summed E-state index contributed by atoms with van der Waals surface area (Å²) in [6.45, 7) is 0.501. The maximum absolute atomic E-state index is 12.9. The third kappa shape index (κ3) is 2.53. The Bertz CT molecular complexity index is 446. The van der Waals surface area contributed by atoms with Gasteiger partial charge in [0.25, 0.3) is 6.08 Å². The summed E-state index contributed by atoms with van der Waals surface area (Å²) in [5.41, 5.74) is 1.11. The number of rotatable bonds is 3. The number of aromatic nitrogens is 2. The van der Waals surface area contributed by atoms with Crippen LogP contribution in [0.5, 0.6) is 0 Å². The van der Waals surface area contributed by atoms with Crippen LogP contribution in [0, 0.1) is 6.08 Å². The predicted molar refractivity (Wildman–Crippen MR) is 57.7 cm³/mol. The highest BCUT2D eigenvalue weighted by Gasteiger charge is 1.96. The van der Waals surface area contributed by atoms with Gasteiger partial charge in [0, 0.05) is 18.9 Å². The lowest BCUT2D eigenvalue weighted by atomic mass is 10.2. The van der Waals surface area contributed by atoms with E-state index in [4.69, 9.17) is 0 Å². The first-order chi connectivity index (χ1) is 7.36. The van der Waals surface area contributed by atoms with E-state index in [-0.39, 0.29) is 0 Å². The summed E-state index contributed by atoms with van der Waals surface area (Å²) in [5, 5.41) is 0. The zero-order valence-electron chi connectivity index (χ0n) is 8.18. The molecule has 3 heteroatoms. The lowest BCUT2D eigenvalue weighted by Gasteiger charge is -1.96. The average molecular weight is 202 g/mol. The van der Waals surface area contributed by atoms with Gasteiger partial charge in [0.1, 0.15) is 0 Å². The second-order valence-electron chi connectivity index (χ2n) is 3.16. The largest absolute Gasteiger partial charge is 0.304 e. The van der Waals surface area contributed by atoms with E-state index in [9.17, 15) is 4.39 Å². The highest BCUT2D eigenvalue weighted by Crippen LogP contribution is 2.02. The Hall–Kier alpha value is -1.90. The summed E-state index contributed by atoms with van der Waals surface area (Å²) in [6.07, 6.45) is 6.48. The predicted octanol–water partition coefficient (Wildman–Crippen LogP) is 2.74. The van der Waals surface area contributed by atoms with Crippen molar-refractivity contribution in [3.05, 3.63) is 60.4 Å². The molecule has 0 amide bonds. The van der Waals surface area contributed by atoms with Crippen molar-refractivity contribution in [2.45, 2.75) is 6.54 Å². The molecule has 0 aliphatic heterocycles. The standard InChI is InChI=1S/C12H11FN2/c13-12-14-8-10-15(12)9-4-7-11-5-2-1-3-6-11/h1-8,10H,9H2. The van der Waals surface area contributed by atoms with Crippen molar-refractivity contribution in [3.8, 4) is 0 Å².